The van der Waals surface area contributed by atoms with Crippen LogP contribution in [-0.2, 0) is 30.8 Å². The third kappa shape index (κ3) is 7.37. The molecule has 3 aromatic rings. The van der Waals surface area contributed by atoms with Crippen LogP contribution in [0.2, 0.25) is 0 Å². The van der Waals surface area contributed by atoms with Gasteiger partial charge in [0.2, 0.25) is 27.7 Å². The molecule has 15 nitrogen and oxygen atoms in total. The van der Waals surface area contributed by atoms with Gasteiger partial charge >= 0.3 is 0 Å². The molecular weight excluding hydrogens is 720 g/mol. The molecule has 1 aromatic carbocycles. The summed E-state index contributed by atoms with van der Waals surface area (Å²) in [6.45, 7) is 3.31. The minimum absolute atomic E-state index is 0.00828. The molecule has 2 saturated carbocycles. The van der Waals surface area contributed by atoms with Gasteiger partial charge in [0.15, 0.2) is 5.82 Å². The Labute approximate surface area is 312 Å². The van der Waals surface area contributed by atoms with Crippen molar-refractivity contribution < 1.29 is 36.7 Å². The number of carbonyl (C=O) groups is 4. The molecule has 2 aliphatic heterocycles. The Balaban J connectivity index is 1.21. The number of sulfonamides is 1. The number of nitrogens with one attached hydrogen (secondary N) is 3. The van der Waals surface area contributed by atoms with Crippen molar-refractivity contribution >= 4 is 44.7 Å². The number of amides is 4. The first-order valence-corrected chi connectivity index (χ1v) is 19.9. The fraction of sp³-hybridized carbons (Fsp3) is 0.514. The van der Waals surface area contributed by atoms with Gasteiger partial charge in [0.1, 0.15) is 40.6 Å². The molecule has 0 unspecified atom stereocenters. The number of benzene rings is 1. The topological polar surface area (TPSA) is 203 Å². The van der Waals surface area contributed by atoms with E-state index in [1.165, 1.54) is 35.6 Å². The van der Waals surface area contributed by atoms with Crippen LogP contribution in [0.1, 0.15) is 87.8 Å². The summed E-state index contributed by atoms with van der Waals surface area (Å²) in [6, 6.07) is 2.20. The van der Waals surface area contributed by atoms with Crippen molar-refractivity contribution in [1.29, 1.82) is 0 Å². The molecule has 3 fully saturated rings. The van der Waals surface area contributed by atoms with Crippen LogP contribution in [0.15, 0.2) is 48.9 Å². The van der Waals surface area contributed by atoms with Gasteiger partial charge in [-0.25, -0.2) is 27.8 Å². The predicted octanol–water partition coefficient (Wildman–Crippen LogP) is 2.66. The fourth-order valence-corrected chi connectivity index (χ4v) is 8.45. The van der Waals surface area contributed by atoms with E-state index in [9.17, 15) is 32.0 Å². The molecule has 286 valence electrons. The number of halogens is 1. The van der Waals surface area contributed by atoms with E-state index in [0.717, 1.165) is 12.8 Å². The summed E-state index contributed by atoms with van der Waals surface area (Å²) in [5.41, 5.74) is -0.731. The second kappa shape index (κ2) is 14.6. The molecule has 2 aromatic heterocycles. The summed E-state index contributed by atoms with van der Waals surface area (Å²) in [7, 11) is -4.02. The quantitative estimate of drug-likeness (QED) is 0.285. The average Bonchev–Trinajstić information content (AvgIpc) is 4.04. The van der Waals surface area contributed by atoms with Crippen LogP contribution in [0.5, 0.6) is 5.88 Å². The van der Waals surface area contributed by atoms with E-state index < -0.39 is 73.9 Å². The summed E-state index contributed by atoms with van der Waals surface area (Å²) in [4.78, 5) is 74.3. The van der Waals surface area contributed by atoms with Crippen molar-refractivity contribution in [1.82, 2.24) is 40.2 Å². The van der Waals surface area contributed by atoms with Gasteiger partial charge in [-0.05, 0) is 64.0 Å². The number of aromatic nitrogens is 4. The van der Waals surface area contributed by atoms with E-state index in [1.54, 1.807) is 13.0 Å². The van der Waals surface area contributed by atoms with Crippen LogP contribution in [0.4, 0.5) is 4.39 Å². The summed E-state index contributed by atoms with van der Waals surface area (Å²) in [5, 5.41) is 5.63. The van der Waals surface area contributed by atoms with Crippen LogP contribution in [0, 0.1) is 11.7 Å². The Morgan fingerprint density at radius 3 is 2.69 bits per heavy atom. The number of hydrogen-bond donors (Lipinski definition) is 3. The van der Waals surface area contributed by atoms with Crippen molar-refractivity contribution in [3.63, 3.8) is 0 Å². The zero-order valence-electron chi connectivity index (χ0n) is 30.1. The Kier molecular flexibility index (Phi) is 10.1. The third-order valence-corrected chi connectivity index (χ3v) is 13.0. The molecular formula is C37H43FN8O7S. The molecule has 1 saturated heterocycles. The molecule has 0 bridgehead atoms. The summed E-state index contributed by atoms with van der Waals surface area (Å²) >= 11 is 0. The first-order valence-electron chi connectivity index (χ1n) is 18.4. The smallest absolute Gasteiger partial charge is 0.272 e. The van der Waals surface area contributed by atoms with Gasteiger partial charge in [-0.1, -0.05) is 38.0 Å². The van der Waals surface area contributed by atoms with Crippen LogP contribution in [0.3, 0.4) is 0 Å². The minimum Gasteiger partial charge on any atom is -0.471 e. The van der Waals surface area contributed by atoms with Crippen molar-refractivity contribution in [3.8, 4) is 5.88 Å². The largest absolute Gasteiger partial charge is 0.471 e. The Morgan fingerprint density at radius 1 is 1.13 bits per heavy atom. The van der Waals surface area contributed by atoms with Gasteiger partial charge in [0.25, 0.3) is 11.8 Å². The molecule has 0 radical (unpaired) electrons. The Bertz CT molecular complexity index is 2120. The number of ether oxygens (including phenoxy) is 1. The van der Waals surface area contributed by atoms with E-state index in [4.69, 9.17) is 4.74 Å². The Hall–Kier alpha value is -5.06. The number of carbonyl (C=O) groups excluding carboxylic acids is 4. The van der Waals surface area contributed by atoms with E-state index in [2.05, 4.69) is 35.3 Å². The van der Waals surface area contributed by atoms with E-state index >= 15 is 0 Å². The molecule has 54 heavy (non-hydrogen) atoms. The maximum atomic E-state index is 14.8. The molecule has 5 atom stereocenters. The molecule has 3 N–H and O–H groups in total. The number of para-hydroxylation sites is 1. The van der Waals surface area contributed by atoms with Crippen LogP contribution in [0.25, 0.3) is 11.0 Å². The second-order valence-electron chi connectivity index (χ2n) is 14.8. The zero-order chi connectivity index (χ0) is 38.3. The first-order chi connectivity index (χ1) is 25.8. The van der Waals surface area contributed by atoms with Gasteiger partial charge < -0.3 is 20.3 Å². The summed E-state index contributed by atoms with van der Waals surface area (Å²) in [5.74, 6) is -3.67. The highest BCUT2D eigenvalue weighted by Gasteiger charge is 2.63. The number of nitrogens with zero attached hydrogens (tertiary/aromatic N) is 5. The summed E-state index contributed by atoms with van der Waals surface area (Å²) in [6.07, 6.45) is 11.4. The number of fused-ring (bicyclic) bond motifs is 3. The standard InChI is InChI=1S/C37H43FN8O7S/c1-3-25-33(43-30-24(38)11-9-13-26(30)41-25)53-23-18-29-32(48)44-37(35(50)45-54(51,52)36(2)14-15-36)19-22(37)10-7-5-4-6-8-12-27(34(49)46(29)21-23)42-31(47)28-20-39-16-17-40-28/h7,9-11,13,16-17,20,22-23,27,29H,3-6,8,12,14-15,18-19,21H2,1-2H3,(H,42,47)(H,44,48)(H,45,50)/t22-,23-,27+,29+,37-/m1/s1. The predicted molar refractivity (Wildman–Crippen MR) is 193 cm³/mol. The highest BCUT2D eigenvalue weighted by Crippen LogP contribution is 2.47. The second-order valence-corrected chi connectivity index (χ2v) is 17.0. The lowest BCUT2D eigenvalue weighted by atomic mass is 10.0. The van der Waals surface area contributed by atoms with Gasteiger partial charge in [0, 0.05) is 24.7 Å². The molecule has 7 rings (SSSR count). The van der Waals surface area contributed by atoms with Crippen molar-refractivity contribution in [2.24, 2.45) is 5.92 Å². The highest BCUT2D eigenvalue weighted by atomic mass is 32.2. The first kappa shape index (κ1) is 37.3. The van der Waals surface area contributed by atoms with E-state index in [-0.39, 0.29) is 42.9 Å². The third-order valence-electron chi connectivity index (χ3n) is 10.9. The van der Waals surface area contributed by atoms with Crippen molar-refractivity contribution in [2.75, 3.05) is 6.54 Å². The molecule has 4 heterocycles. The normalized spacial score (nSPS) is 26.8. The van der Waals surface area contributed by atoms with Gasteiger partial charge in [-0.15, -0.1) is 0 Å². The van der Waals surface area contributed by atoms with E-state index in [0.29, 0.717) is 43.3 Å². The monoisotopic (exact) mass is 762 g/mol. The van der Waals surface area contributed by atoms with E-state index in [1.807, 2.05) is 19.1 Å². The highest BCUT2D eigenvalue weighted by molar-refractivity contribution is 7.91. The molecule has 0 spiro atoms. The van der Waals surface area contributed by atoms with Gasteiger partial charge in [-0.2, -0.15) is 0 Å². The Morgan fingerprint density at radius 2 is 1.94 bits per heavy atom. The SMILES string of the molecule is CCc1nc2cccc(F)c2nc1O[C@@H]1C[C@H]2C(=O)N[C@]3(C(=O)NS(=O)(=O)C4(C)CC4)C[C@H]3C=CCCCCC[C@H](NC(=O)c3cnccn3)C(=O)N2C1. The molecule has 4 aliphatic rings. The number of aryl methyl sites for hydroxylation is 1. The lowest BCUT2D eigenvalue weighted by molar-refractivity contribution is -0.141. The zero-order valence-corrected chi connectivity index (χ0v) is 30.9. The van der Waals surface area contributed by atoms with Gasteiger partial charge in [-0.3, -0.25) is 28.9 Å². The lowest BCUT2D eigenvalue weighted by Crippen LogP contribution is -2.58. The average molecular weight is 763 g/mol. The van der Waals surface area contributed by atoms with Gasteiger partial charge in [0.05, 0.1) is 23.0 Å². The van der Waals surface area contributed by atoms with Crippen LogP contribution >= 0.6 is 0 Å². The lowest BCUT2D eigenvalue weighted by Gasteiger charge is -2.30. The summed E-state index contributed by atoms with van der Waals surface area (Å²) < 4.78 is 48.5. The minimum atomic E-state index is -4.02. The van der Waals surface area contributed by atoms with Crippen LogP contribution in [-0.4, -0.2) is 91.9 Å². The number of allylic oxidation sites excluding steroid dienone is 1. The van der Waals surface area contributed by atoms with Crippen LogP contribution < -0.4 is 20.1 Å². The number of hydrogen-bond acceptors (Lipinski definition) is 11. The molecule has 2 aliphatic carbocycles. The molecule has 17 heteroatoms. The molecule has 4 amide bonds. The van der Waals surface area contributed by atoms with Crippen molar-refractivity contribution in [2.45, 2.75) is 107 Å². The fourth-order valence-electron chi connectivity index (χ4n) is 7.14. The maximum absolute atomic E-state index is 14.8. The number of rotatable bonds is 8. The maximum Gasteiger partial charge on any atom is 0.272 e. The van der Waals surface area contributed by atoms with Crippen molar-refractivity contribution in [3.05, 3.63) is 66.1 Å².